The topological polar surface area (TPSA) is 72.2 Å². The molecule has 138 valence electrons. The second-order valence-electron chi connectivity index (χ2n) is 6.06. The molecule has 0 radical (unpaired) electrons. The molecule has 0 fully saturated rings. The van der Waals surface area contributed by atoms with Gasteiger partial charge in [0.2, 0.25) is 0 Å². The minimum Gasteiger partial charge on any atom is -0.343 e. The largest absolute Gasteiger partial charge is 0.343 e. The van der Waals surface area contributed by atoms with Gasteiger partial charge in [-0.3, -0.25) is 4.79 Å². The number of aromatic nitrogens is 3. The first-order chi connectivity index (χ1) is 13.1. The molecule has 6 nitrogen and oxygen atoms in total. The van der Waals surface area contributed by atoms with Crippen LogP contribution < -0.4 is 5.43 Å². The van der Waals surface area contributed by atoms with E-state index in [1.54, 1.807) is 6.21 Å². The quantitative estimate of drug-likeness (QED) is 0.224. The van der Waals surface area contributed by atoms with Gasteiger partial charge in [-0.2, -0.15) is 5.10 Å². The zero-order valence-corrected chi connectivity index (χ0v) is 16.2. The summed E-state index contributed by atoms with van der Waals surface area (Å²) >= 11 is 1.29. The summed E-state index contributed by atoms with van der Waals surface area (Å²) in [5.74, 6) is 0.00665. The van der Waals surface area contributed by atoms with Crippen LogP contribution in [-0.2, 0) is 11.3 Å². The van der Waals surface area contributed by atoms with Crippen LogP contribution in [0.4, 0.5) is 0 Å². The number of amides is 1. The molecular weight excluding hydrogens is 358 g/mol. The molecule has 0 unspecified atom stereocenters. The van der Waals surface area contributed by atoms with E-state index < -0.39 is 0 Å². The Balaban J connectivity index is 1.62. The smallest absolute Gasteiger partial charge is 0.250 e. The Morgan fingerprint density at radius 1 is 1.30 bits per heavy atom. The lowest BCUT2D eigenvalue weighted by atomic mass is 10.2. The molecule has 1 aromatic carbocycles. The van der Waals surface area contributed by atoms with Crippen LogP contribution in [0.1, 0.15) is 17.0 Å². The fourth-order valence-corrected chi connectivity index (χ4v) is 3.50. The molecule has 0 saturated carbocycles. The number of carbonyl (C=O) groups excluding carboxylic acids is 1. The normalized spacial score (nSPS) is 11.2. The summed E-state index contributed by atoms with van der Waals surface area (Å²) in [6, 6.07) is 9.96. The van der Waals surface area contributed by atoms with Gasteiger partial charge in [0.15, 0.2) is 5.16 Å². The Kier molecular flexibility index (Phi) is 6.03. The SMILES string of the molecule is C=CCn1cc(/C=N\NC(=O)CSc2nc(C)cc(C)n2)c2ccccc21. The van der Waals surface area contributed by atoms with Crippen LogP contribution in [0.5, 0.6) is 0 Å². The van der Waals surface area contributed by atoms with Gasteiger partial charge in [-0.05, 0) is 26.0 Å². The molecule has 3 rings (SSSR count). The average molecular weight is 379 g/mol. The van der Waals surface area contributed by atoms with Gasteiger partial charge >= 0.3 is 0 Å². The number of allylic oxidation sites excluding steroid dienone is 1. The van der Waals surface area contributed by atoms with Crippen molar-refractivity contribution in [2.24, 2.45) is 5.10 Å². The lowest BCUT2D eigenvalue weighted by molar-refractivity contribution is -0.118. The second-order valence-corrected chi connectivity index (χ2v) is 7.00. The maximum Gasteiger partial charge on any atom is 0.250 e. The molecule has 3 aromatic rings. The van der Waals surface area contributed by atoms with Crippen molar-refractivity contribution >= 4 is 34.8 Å². The van der Waals surface area contributed by atoms with Gasteiger partial charge in [-0.25, -0.2) is 15.4 Å². The van der Waals surface area contributed by atoms with Crippen LogP contribution in [0.15, 0.2) is 59.4 Å². The van der Waals surface area contributed by atoms with Gasteiger partial charge in [0.25, 0.3) is 5.91 Å². The van der Waals surface area contributed by atoms with Gasteiger partial charge in [0, 0.05) is 40.6 Å². The summed E-state index contributed by atoms with van der Waals surface area (Å²) in [5, 5.41) is 5.77. The predicted octanol–water partition coefficient (Wildman–Crippen LogP) is 3.48. The van der Waals surface area contributed by atoms with Gasteiger partial charge < -0.3 is 4.57 Å². The average Bonchev–Trinajstić information content (AvgIpc) is 2.98. The van der Waals surface area contributed by atoms with E-state index in [1.807, 2.05) is 50.4 Å². The molecule has 0 aliphatic rings. The van der Waals surface area contributed by atoms with Crippen molar-refractivity contribution in [2.45, 2.75) is 25.5 Å². The zero-order chi connectivity index (χ0) is 19.2. The number of para-hydroxylation sites is 1. The van der Waals surface area contributed by atoms with Crippen molar-refractivity contribution in [1.29, 1.82) is 0 Å². The Morgan fingerprint density at radius 3 is 2.78 bits per heavy atom. The van der Waals surface area contributed by atoms with Gasteiger partial charge in [0.05, 0.1) is 12.0 Å². The molecule has 2 heterocycles. The Hall–Kier alpha value is -2.93. The highest BCUT2D eigenvalue weighted by Gasteiger charge is 2.07. The molecule has 1 N–H and O–H groups in total. The third kappa shape index (κ3) is 4.83. The van der Waals surface area contributed by atoms with E-state index in [9.17, 15) is 4.79 Å². The number of aryl methyl sites for hydroxylation is 2. The van der Waals surface area contributed by atoms with E-state index in [0.717, 1.165) is 27.9 Å². The zero-order valence-electron chi connectivity index (χ0n) is 15.3. The predicted molar refractivity (Wildman–Crippen MR) is 110 cm³/mol. The van der Waals surface area contributed by atoms with E-state index in [-0.39, 0.29) is 11.7 Å². The molecule has 27 heavy (non-hydrogen) atoms. The van der Waals surface area contributed by atoms with Crippen molar-refractivity contribution in [1.82, 2.24) is 20.0 Å². The third-order valence-corrected chi connectivity index (χ3v) is 4.68. The minimum absolute atomic E-state index is 0.200. The Bertz CT molecular complexity index is 989. The van der Waals surface area contributed by atoms with E-state index in [1.165, 1.54) is 11.8 Å². The molecule has 1 amide bonds. The molecule has 7 heteroatoms. The fourth-order valence-electron chi connectivity index (χ4n) is 2.76. The van der Waals surface area contributed by atoms with Crippen molar-refractivity contribution < 1.29 is 4.79 Å². The van der Waals surface area contributed by atoms with E-state index in [2.05, 4.69) is 37.7 Å². The van der Waals surface area contributed by atoms with Crippen molar-refractivity contribution in [3.05, 3.63) is 66.1 Å². The molecular formula is C20H21N5OS. The van der Waals surface area contributed by atoms with Gasteiger partial charge in [-0.15, -0.1) is 6.58 Å². The maximum atomic E-state index is 12.0. The first kappa shape index (κ1) is 18.8. The molecule has 0 bridgehead atoms. The number of hydrazone groups is 1. The number of nitrogens with zero attached hydrogens (tertiary/aromatic N) is 4. The molecule has 2 aromatic heterocycles. The van der Waals surface area contributed by atoms with Crippen LogP contribution >= 0.6 is 11.8 Å². The van der Waals surface area contributed by atoms with Gasteiger partial charge in [-0.1, -0.05) is 36.0 Å². The molecule has 0 aliphatic heterocycles. The first-order valence-electron chi connectivity index (χ1n) is 8.52. The highest BCUT2D eigenvalue weighted by molar-refractivity contribution is 7.99. The maximum absolute atomic E-state index is 12.0. The lowest BCUT2D eigenvalue weighted by Gasteiger charge is -2.02. The summed E-state index contributed by atoms with van der Waals surface area (Å²) in [6.45, 7) is 8.32. The van der Waals surface area contributed by atoms with Crippen LogP contribution in [-0.4, -0.2) is 32.4 Å². The van der Waals surface area contributed by atoms with Crippen molar-refractivity contribution in [2.75, 3.05) is 5.75 Å². The Morgan fingerprint density at radius 2 is 2.04 bits per heavy atom. The molecule has 0 spiro atoms. The molecule has 0 atom stereocenters. The van der Waals surface area contributed by atoms with Crippen LogP contribution in [0.2, 0.25) is 0 Å². The molecule has 0 aliphatic carbocycles. The van der Waals surface area contributed by atoms with Gasteiger partial charge in [0.1, 0.15) is 0 Å². The summed E-state index contributed by atoms with van der Waals surface area (Å²) in [4.78, 5) is 20.6. The number of fused-ring (bicyclic) bond motifs is 1. The summed E-state index contributed by atoms with van der Waals surface area (Å²) in [7, 11) is 0. The first-order valence-corrected chi connectivity index (χ1v) is 9.51. The monoisotopic (exact) mass is 379 g/mol. The number of carbonyl (C=O) groups is 1. The van der Waals surface area contributed by atoms with E-state index in [0.29, 0.717) is 11.7 Å². The van der Waals surface area contributed by atoms with Crippen molar-refractivity contribution in [3.63, 3.8) is 0 Å². The third-order valence-electron chi connectivity index (χ3n) is 3.83. The summed E-state index contributed by atoms with van der Waals surface area (Å²) < 4.78 is 2.10. The standard InChI is InChI=1S/C20H21N5OS/c1-4-9-25-12-16(17-7-5-6-8-18(17)25)11-21-24-19(26)13-27-20-22-14(2)10-15(3)23-20/h4-8,10-12H,1,9,13H2,2-3H3,(H,24,26)/b21-11-. The van der Waals surface area contributed by atoms with E-state index in [4.69, 9.17) is 0 Å². The number of thioether (sulfide) groups is 1. The number of benzene rings is 1. The summed E-state index contributed by atoms with van der Waals surface area (Å²) in [6.07, 6.45) is 5.51. The number of hydrogen-bond donors (Lipinski definition) is 1. The Labute approximate surface area is 162 Å². The summed E-state index contributed by atoms with van der Waals surface area (Å²) in [5.41, 5.74) is 6.38. The lowest BCUT2D eigenvalue weighted by Crippen LogP contribution is -2.19. The number of hydrogen-bond acceptors (Lipinski definition) is 5. The second kappa shape index (κ2) is 8.64. The number of nitrogens with one attached hydrogen (secondary N) is 1. The van der Waals surface area contributed by atoms with Crippen molar-refractivity contribution in [3.8, 4) is 0 Å². The highest BCUT2D eigenvalue weighted by Crippen LogP contribution is 2.20. The highest BCUT2D eigenvalue weighted by atomic mass is 32.2. The minimum atomic E-state index is -0.200. The van der Waals surface area contributed by atoms with Crippen LogP contribution in [0.25, 0.3) is 10.9 Å². The van der Waals surface area contributed by atoms with Crippen LogP contribution in [0.3, 0.4) is 0 Å². The van der Waals surface area contributed by atoms with Crippen LogP contribution in [0, 0.1) is 13.8 Å². The molecule has 0 saturated heterocycles. The fraction of sp³-hybridized carbons (Fsp3) is 0.200. The van der Waals surface area contributed by atoms with E-state index >= 15 is 0 Å². The number of rotatable bonds is 7.